The topological polar surface area (TPSA) is 76.0 Å². The van der Waals surface area contributed by atoms with Gasteiger partial charge < -0.3 is 10.6 Å². The molecule has 0 radical (unpaired) electrons. The Morgan fingerprint density at radius 3 is 2.92 bits per heavy atom. The maximum Gasteiger partial charge on any atom is 0.239 e. The number of benzene rings is 1. The van der Waals surface area contributed by atoms with Gasteiger partial charge in [-0.05, 0) is 31.0 Å². The van der Waals surface area contributed by atoms with E-state index in [9.17, 15) is 14.0 Å². The summed E-state index contributed by atoms with van der Waals surface area (Å²) in [6.07, 6.45) is 5.32. The Bertz CT molecular complexity index is 745. The van der Waals surface area contributed by atoms with E-state index >= 15 is 0 Å². The van der Waals surface area contributed by atoms with E-state index in [1.165, 1.54) is 23.9 Å². The lowest BCUT2D eigenvalue weighted by atomic mass is 10.3. The van der Waals surface area contributed by atoms with Gasteiger partial charge in [-0.2, -0.15) is 0 Å². The van der Waals surface area contributed by atoms with Gasteiger partial charge in [0, 0.05) is 18.4 Å². The summed E-state index contributed by atoms with van der Waals surface area (Å²) in [5, 5.41) is 5.96. The molecule has 0 atom stereocenters. The number of imidazole rings is 1. The van der Waals surface area contributed by atoms with E-state index in [-0.39, 0.29) is 36.0 Å². The monoisotopic (exact) mass is 348 g/mol. The van der Waals surface area contributed by atoms with Crippen LogP contribution in [-0.4, -0.2) is 39.7 Å². The third-order valence-electron chi connectivity index (χ3n) is 3.41. The van der Waals surface area contributed by atoms with Gasteiger partial charge in [-0.3, -0.25) is 14.2 Å². The van der Waals surface area contributed by atoms with Crippen LogP contribution in [0.5, 0.6) is 0 Å². The molecule has 1 saturated carbocycles. The van der Waals surface area contributed by atoms with E-state index in [1.54, 1.807) is 29.1 Å². The highest BCUT2D eigenvalue weighted by molar-refractivity contribution is 7.99. The number of halogens is 1. The normalized spacial score (nSPS) is 13.5. The summed E-state index contributed by atoms with van der Waals surface area (Å²) >= 11 is 1.23. The molecular formula is C16H17FN4O2S. The molecule has 3 rings (SSSR count). The van der Waals surface area contributed by atoms with Crippen molar-refractivity contribution in [1.29, 1.82) is 0 Å². The molecule has 2 amide bonds. The minimum atomic E-state index is -0.337. The van der Waals surface area contributed by atoms with Gasteiger partial charge in [0.25, 0.3) is 0 Å². The lowest BCUT2D eigenvalue weighted by Gasteiger charge is -2.08. The first-order valence-corrected chi connectivity index (χ1v) is 8.58. The van der Waals surface area contributed by atoms with Crippen LogP contribution in [0.15, 0.2) is 41.8 Å². The number of nitrogens with zero attached hydrogens (tertiary/aromatic N) is 2. The van der Waals surface area contributed by atoms with E-state index < -0.39 is 0 Å². The van der Waals surface area contributed by atoms with E-state index in [1.807, 2.05) is 0 Å². The van der Waals surface area contributed by atoms with Crippen molar-refractivity contribution in [3.05, 3.63) is 42.5 Å². The average molecular weight is 348 g/mol. The third kappa shape index (κ3) is 4.58. The Hall–Kier alpha value is -2.35. The van der Waals surface area contributed by atoms with Crippen LogP contribution in [-0.2, 0) is 9.59 Å². The van der Waals surface area contributed by atoms with E-state index in [0.717, 1.165) is 12.8 Å². The molecule has 2 aromatic rings. The fourth-order valence-electron chi connectivity index (χ4n) is 2.09. The maximum atomic E-state index is 13.3. The van der Waals surface area contributed by atoms with Crippen molar-refractivity contribution in [2.45, 2.75) is 24.0 Å². The van der Waals surface area contributed by atoms with Crippen molar-refractivity contribution in [3.8, 4) is 5.69 Å². The number of nitrogens with one attached hydrogen (secondary N) is 2. The fraction of sp³-hybridized carbons (Fsp3) is 0.312. The summed E-state index contributed by atoms with van der Waals surface area (Å²) in [5.41, 5.74) is 0.638. The van der Waals surface area contributed by atoms with Crippen molar-refractivity contribution in [3.63, 3.8) is 0 Å². The summed E-state index contributed by atoms with van der Waals surface area (Å²) in [4.78, 5) is 27.5. The van der Waals surface area contributed by atoms with E-state index in [4.69, 9.17) is 0 Å². The Labute approximate surface area is 142 Å². The molecule has 0 saturated heterocycles. The summed E-state index contributed by atoms with van der Waals surface area (Å²) < 4.78 is 15.0. The summed E-state index contributed by atoms with van der Waals surface area (Å²) in [7, 11) is 0. The minimum absolute atomic E-state index is 0.0196. The molecule has 6 nitrogen and oxygen atoms in total. The molecule has 0 aliphatic heterocycles. The summed E-state index contributed by atoms with van der Waals surface area (Å²) in [6.45, 7) is -0.0196. The molecule has 0 bridgehead atoms. The van der Waals surface area contributed by atoms with Crippen LogP contribution in [0.2, 0.25) is 0 Å². The SMILES string of the molecule is O=C(CSc1nccn1-c1cccc(F)c1)NCC(=O)NC1CC1. The highest BCUT2D eigenvalue weighted by Gasteiger charge is 2.23. The molecule has 1 aromatic heterocycles. The predicted octanol–water partition coefficient (Wildman–Crippen LogP) is 1.50. The molecule has 1 aliphatic carbocycles. The van der Waals surface area contributed by atoms with Crippen LogP contribution in [0.25, 0.3) is 5.69 Å². The minimum Gasteiger partial charge on any atom is -0.352 e. The number of rotatable bonds is 7. The Morgan fingerprint density at radius 1 is 1.33 bits per heavy atom. The van der Waals surface area contributed by atoms with Crippen LogP contribution in [0.1, 0.15) is 12.8 Å². The zero-order valence-corrected chi connectivity index (χ0v) is 13.7. The third-order valence-corrected chi connectivity index (χ3v) is 4.38. The molecule has 1 aromatic carbocycles. The first-order valence-electron chi connectivity index (χ1n) is 7.60. The van der Waals surface area contributed by atoms with Crippen LogP contribution in [0, 0.1) is 5.82 Å². The molecule has 0 spiro atoms. The highest BCUT2D eigenvalue weighted by atomic mass is 32.2. The second-order valence-corrected chi connectivity index (χ2v) is 6.41. The van der Waals surface area contributed by atoms with Gasteiger partial charge in [0.1, 0.15) is 5.82 Å². The zero-order valence-electron chi connectivity index (χ0n) is 12.9. The molecule has 2 N–H and O–H groups in total. The summed E-state index contributed by atoms with van der Waals surface area (Å²) in [6, 6.07) is 6.42. The maximum absolute atomic E-state index is 13.3. The molecule has 1 fully saturated rings. The van der Waals surface area contributed by atoms with Crippen molar-refractivity contribution >= 4 is 23.6 Å². The van der Waals surface area contributed by atoms with E-state index in [2.05, 4.69) is 15.6 Å². The Kier molecular flexibility index (Phi) is 5.14. The van der Waals surface area contributed by atoms with Gasteiger partial charge in [0.15, 0.2) is 5.16 Å². The fourth-order valence-corrected chi connectivity index (χ4v) is 2.89. The number of hydrogen-bond acceptors (Lipinski definition) is 4. The van der Waals surface area contributed by atoms with Gasteiger partial charge >= 0.3 is 0 Å². The number of hydrogen-bond donors (Lipinski definition) is 2. The number of carbonyl (C=O) groups is 2. The van der Waals surface area contributed by atoms with Crippen LogP contribution in [0.3, 0.4) is 0 Å². The van der Waals surface area contributed by atoms with Crippen molar-refractivity contribution in [1.82, 2.24) is 20.2 Å². The lowest BCUT2D eigenvalue weighted by molar-refractivity contribution is -0.124. The van der Waals surface area contributed by atoms with Gasteiger partial charge in [0.2, 0.25) is 11.8 Å². The van der Waals surface area contributed by atoms with Gasteiger partial charge in [-0.15, -0.1) is 0 Å². The number of aromatic nitrogens is 2. The number of thioether (sulfide) groups is 1. The predicted molar refractivity (Wildman–Crippen MR) is 88.4 cm³/mol. The molecule has 24 heavy (non-hydrogen) atoms. The van der Waals surface area contributed by atoms with Crippen LogP contribution < -0.4 is 10.6 Å². The smallest absolute Gasteiger partial charge is 0.239 e. The Balaban J connectivity index is 1.50. The number of amides is 2. The first kappa shape index (κ1) is 16.5. The molecule has 1 heterocycles. The highest BCUT2D eigenvalue weighted by Crippen LogP contribution is 2.20. The molecule has 8 heteroatoms. The average Bonchev–Trinajstić information content (AvgIpc) is 3.24. The molecule has 1 aliphatic rings. The van der Waals surface area contributed by atoms with Crippen molar-refractivity contribution < 1.29 is 14.0 Å². The quantitative estimate of drug-likeness (QED) is 0.744. The first-order chi connectivity index (χ1) is 11.6. The Morgan fingerprint density at radius 2 is 2.17 bits per heavy atom. The summed E-state index contributed by atoms with van der Waals surface area (Å²) in [5.74, 6) is -0.628. The molecule has 126 valence electrons. The van der Waals surface area contributed by atoms with Crippen molar-refractivity contribution in [2.24, 2.45) is 0 Å². The van der Waals surface area contributed by atoms with Crippen LogP contribution in [0.4, 0.5) is 4.39 Å². The number of carbonyl (C=O) groups excluding carboxylic acids is 2. The zero-order chi connectivity index (χ0) is 16.9. The van der Waals surface area contributed by atoms with Gasteiger partial charge in [-0.1, -0.05) is 17.8 Å². The largest absolute Gasteiger partial charge is 0.352 e. The van der Waals surface area contributed by atoms with Gasteiger partial charge in [0.05, 0.1) is 18.0 Å². The standard InChI is InChI=1S/C16H17FN4O2S/c17-11-2-1-3-13(8-11)21-7-6-18-16(21)24-10-15(23)19-9-14(22)20-12-4-5-12/h1-3,6-8,12H,4-5,9-10H2,(H,19,23)(H,20,22). The molecule has 0 unspecified atom stereocenters. The second-order valence-electron chi connectivity index (χ2n) is 5.47. The van der Waals surface area contributed by atoms with Gasteiger partial charge in [-0.25, -0.2) is 9.37 Å². The second kappa shape index (κ2) is 7.48. The van der Waals surface area contributed by atoms with Crippen molar-refractivity contribution in [2.75, 3.05) is 12.3 Å². The van der Waals surface area contributed by atoms with Crippen LogP contribution >= 0.6 is 11.8 Å². The lowest BCUT2D eigenvalue weighted by Crippen LogP contribution is -2.38. The molecular weight excluding hydrogens is 331 g/mol. The van der Waals surface area contributed by atoms with E-state index in [0.29, 0.717) is 10.8 Å².